The second-order valence-electron chi connectivity index (χ2n) is 5.06. The Hall–Kier alpha value is -2.20. The van der Waals surface area contributed by atoms with E-state index in [2.05, 4.69) is 5.32 Å². The van der Waals surface area contributed by atoms with E-state index in [9.17, 15) is 4.79 Å². The van der Waals surface area contributed by atoms with Crippen LogP contribution >= 0.6 is 11.6 Å². The number of hydrogen-bond acceptors (Lipinski definition) is 3. The minimum absolute atomic E-state index is 0.0142. The van der Waals surface area contributed by atoms with Crippen LogP contribution in [0.25, 0.3) is 0 Å². The smallest absolute Gasteiger partial charge is 0.220 e. The molecule has 0 atom stereocenters. The van der Waals surface area contributed by atoms with Gasteiger partial charge in [-0.25, -0.2) is 0 Å². The Morgan fingerprint density at radius 2 is 1.74 bits per heavy atom. The molecule has 0 unspecified atom stereocenters. The van der Waals surface area contributed by atoms with Crippen LogP contribution in [-0.4, -0.2) is 20.1 Å². The van der Waals surface area contributed by atoms with Crippen molar-refractivity contribution in [2.45, 2.75) is 19.4 Å². The first kappa shape index (κ1) is 17.2. The molecule has 0 bridgehead atoms. The van der Waals surface area contributed by atoms with Gasteiger partial charge in [-0.15, -0.1) is 0 Å². The molecular weight excluding hydrogens is 314 g/mol. The van der Waals surface area contributed by atoms with E-state index in [4.69, 9.17) is 21.1 Å². The maximum atomic E-state index is 12.0. The fraction of sp³-hybridized carbons (Fsp3) is 0.278. The first-order chi connectivity index (χ1) is 11.1. The largest absolute Gasteiger partial charge is 0.493 e. The third-order valence-corrected chi connectivity index (χ3v) is 3.86. The van der Waals surface area contributed by atoms with Crippen LogP contribution in [0.5, 0.6) is 11.5 Å². The highest BCUT2D eigenvalue weighted by molar-refractivity contribution is 6.31. The highest BCUT2D eigenvalue weighted by Crippen LogP contribution is 2.32. The van der Waals surface area contributed by atoms with Gasteiger partial charge in [0.25, 0.3) is 0 Å². The van der Waals surface area contributed by atoms with Crippen LogP contribution in [0.3, 0.4) is 0 Å². The summed E-state index contributed by atoms with van der Waals surface area (Å²) in [5.74, 6) is 1.14. The third-order valence-electron chi connectivity index (χ3n) is 3.51. The first-order valence-electron chi connectivity index (χ1n) is 7.35. The van der Waals surface area contributed by atoms with E-state index in [1.54, 1.807) is 26.4 Å². The van der Waals surface area contributed by atoms with E-state index in [-0.39, 0.29) is 5.91 Å². The summed E-state index contributed by atoms with van der Waals surface area (Å²) in [6.07, 6.45) is 1.15. The van der Waals surface area contributed by atoms with Crippen molar-refractivity contribution in [1.29, 1.82) is 0 Å². The Morgan fingerprint density at radius 1 is 1.09 bits per heavy atom. The van der Waals surface area contributed by atoms with Crippen LogP contribution in [0.2, 0.25) is 5.02 Å². The number of rotatable bonds is 7. The average Bonchev–Trinajstić information content (AvgIpc) is 2.59. The molecule has 5 heteroatoms. The van der Waals surface area contributed by atoms with Crippen molar-refractivity contribution < 1.29 is 14.3 Å². The summed E-state index contributed by atoms with van der Waals surface area (Å²) >= 11 is 6.21. The van der Waals surface area contributed by atoms with Gasteiger partial charge in [0.2, 0.25) is 5.91 Å². The summed E-state index contributed by atoms with van der Waals surface area (Å²) in [5.41, 5.74) is 1.93. The van der Waals surface area contributed by atoms with E-state index in [1.807, 2.05) is 30.3 Å². The minimum atomic E-state index is -0.0142. The number of amides is 1. The van der Waals surface area contributed by atoms with Crippen molar-refractivity contribution in [3.63, 3.8) is 0 Å². The van der Waals surface area contributed by atoms with Gasteiger partial charge in [-0.3, -0.25) is 4.79 Å². The summed E-state index contributed by atoms with van der Waals surface area (Å²) in [6, 6.07) is 13.4. The molecule has 4 nitrogen and oxygen atoms in total. The predicted octanol–water partition coefficient (Wildman–Crippen LogP) is 3.61. The summed E-state index contributed by atoms with van der Waals surface area (Å²) in [7, 11) is 3.12. The Labute approximate surface area is 141 Å². The number of aryl methyl sites for hydroxylation is 1. The van der Waals surface area contributed by atoms with Crippen LogP contribution in [-0.2, 0) is 17.8 Å². The molecule has 2 rings (SSSR count). The normalized spacial score (nSPS) is 10.2. The van der Waals surface area contributed by atoms with E-state index in [1.165, 1.54) is 0 Å². The molecule has 0 spiro atoms. The molecule has 0 saturated carbocycles. The number of hydrogen-bond donors (Lipinski definition) is 1. The first-order valence-corrected chi connectivity index (χ1v) is 7.73. The summed E-state index contributed by atoms with van der Waals surface area (Å²) in [6.45, 7) is 0.354. The van der Waals surface area contributed by atoms with E-state index in [0.29, 0.717) is 35.9 Å². The lowest BCUT2D eigenvalue weighted by molar-refractivity contribution is -0.121. The zero-order valence-electron chi connectivity index (χ0n) is 13.3. The molecule has 2 aromatic rings. The Morgan fingerprint density at radius 3 is 2.39 bits per heavy atom. The maximum absolute atomic E-state index is 12.0. The molecule has 23 heavy (non-hydrogen) atoms. The molecule has 0 fully saturated rings. The van der Waals surface area contributed by atoms with Crippen LogP contribution < -0.4 is 14.8 Å². The van der Waals surface area contributed by atoms with Crippen LogP contribution in [0.1, 0.15) is 17.5 Å². The third kappa shape index (κ3) is 4.89. The molecule has 0 aliphatic rings. The van der Waals surface area contributed by atoms with Gasteiger partial charge < -0.3 is 14.8 Å². The lowest BCUT2D eigenvalue weighted by Crippen LogP contribution is -2.23. The highest BCUT2D eigenvalue weighted by Gasteiger charge is 2.11. The molecule has 0 saturated heterocycles. The van der Waals surface area contributed by atoms with Crippen LogP contribution in [0.4, 0.5) is 0 Å². The van der Waals surface area contributed by atoms with Gasteiger partial charge in [0.1, 0.15) is 0 Å². The monoisotopic (exact) mass is 333 g/mol. The van der Waals surface area contributed by atoms with E-state index < -0.39 is 0 Å². The van der Waals surface area contributed by atoms with Gasteiger partial charge in [0.15, 0.2) is 11.5 Å². The zero-order chi connectivity index (χ0) is 16.7. The van der Waals surface area contributed by atoms with E-state index >= 15 is 0 Å². The van der Waals surface area contributed by atoms with Crippen LogP contribution in [0.15, 0.2) is 42.5 Å². The fourth-order valence-corrected chi connectivity index (χ4v) is 2.44. The van der Waals surface area contributed by atoms with Crippen molar-refractivity contribution in [3.05, 3.63) is 58.6 Å². The van der Waals surface area contributed by atoms with Gasteiger partial charge in [-0.05, 0) is 23.6 Å². The molecule has 122 valence electrons. The molecule has 0 heterocycles. The lowest BCUT2D eigenvalue weighted by Gasteiger charge is -2.12. The van der Waals surface area contributed by atoms with Crippen molar-refractivity contribution in [2.24, 2.45) is 0 Å². The fourth-order valence-electron chi connectivity index (χ4n) is 2.22. The van der Waals surface area contributed by atoms with Crippen molar-refractivity contribution in [1.82, 2.24) is 5.32 Å². The summed E-state index contributed by atoms with van der Waals surface area (Å²) < 4.78 is 10.4. The molecule has 0 aromatic heterocycles. The second-order valence-corrected chi connectivity index (χ2v) is 5.47. The van der Waals surface area contributed by atoms with Gasteiger partial charge >= 0.3 is 0 Å². The number of benzene rings is 2. The maximum Gasteiger partial charge on any atom is 0.220 e. The molecule has 2 aromatic carbocycles. The molecule has 0 aliphatic carbocycles. The lowest BCUT2D eigenvalue weighted by atomic mass is 10.1. The number of nitrogens with one attached hydrogen (secondary N) is 1. The highest BCUT2D eigenvalue weighted by atomic mass is 35.5. The number of methoxy groups -OCH3 is 2. The SMILES string of the molecule is COc1cc(Cl)c(CNC(=O)CCc2ccccc2)cc1OC. The average molecular weight is 334 g/mol. The number of carbonyl (C=O) groups is 1. The number of carbonyl (C=O) groups excluding carboxylic acids is 1. The summed E-state index contributed by atoms with van der Waals surface area (Å²) in [4.78, 5) is 12.0. The minimum Gasteiger partial charge on any atom is -0.493 e. The topological polar surface area (TPSA) is 47.6 Å². The summed E-state index contributed by atoms with van der Waals surface area (Å²) in [5, 5.41) is 3.41. The Balaban J connectivity index is 1.91. The molecule has 0 radical (unpaired) electrons. The van der Waals surface area contributed by atoms with Crippen molar-refractivity contribution in [2.75, 3.05) is 14.2 Å². The number of ether oxygens (including phenoxy) is 2. The van der Waals surface area contributed by atoms with Gasteiger partial charge in [0, 0.05) is 24.1 Å². The van der Waals surface area contributed by atoms with Gasteiger partial charge in [-0.2, -0.15) is 0 Å². The predicted molar refractivity (Wildman–Crippen MR) is 91.2 cm³/mol. The zero-order valence-corrected chi connectivity index (χ0v) is 14.0. The molecular formula is C18H20ClNO3. The van der Waals surface area contributed by atoms with E-state index in [0.717, 1.165) is 11.1 Å². The second kappa shape index (κ2) is 8.44. The van der Waals surface area contributed by atoms with Crippen molar-refractivity contribution in [3.8, 4) is 11.5 Å². The standard InChI is InChI=1S/C18H20ClNO3/c1-22-16-10-14(15(19)11-17(16)23-2)12-20-18(21)9-8-13-6-4-3-5-7-13/h3-7,10-11H,8-9,12H2,1-2H3,(H,20,21). The van der Waals surface area contributed by atoms with Crippen molar-refractivity contribution >= 4 is 17.5 Å². The van der Waals surface area contributed by atoms with Gasteiger partial charge in [-0.1, -0.05) is 41.9 Å². The van der Waals surface area contributed by atoms with Crippen LogP contribution in [0, 0.1) is 0 Å². The molecule has 1 N–H and O–H groups in total. The Bertz CT molecular complexity index is 659. The quantitative estimate of drug-likeness (QED) is 0.842. The number of halogens is 1. The molecule has 1 amide bonds. The Kier molecular flexibility index (Phi) is 6.29. The van der Waals surface area contributed by atoms with Gasteiger partial charge in [0.05, 0.1) is 14.2 Å². The molecule has 0 aliphatic heterocycles.